The van der Waals surface area contributed by atoms with E-state index in [0.717, 1.165) is 12.3 Å². The van der Waals surface area contributed by atoms with Crippen LogP contribution in [0, 0.1) is 11.8 Å². The normalized spacial score (nSPS) is 19.7. The fourth-order valence-electron chi connectivity index (χ4n) is 4.92. The molecule has 0 heterocycles. The first-order chi connectivity index (χ1) is 18.1. The van der Waals surface area contributed by atoms with Gasteiger partial charge < -0.3 is 19.7 Å². The number of unbranched alkanes of at least 4 members (excludes halogenated alkanes) is 2. The van der Waals surface area contributed by atoms with Crippen LogP contribution in [0.5, 0.6) is 0 Å². The molecule has 0 radical (unpaired) electrons. The molecule has 0 saturated heterocycles. The van der Waals surface area contributed by atoms with Crippen molar-refractivity contribution in [2.45, 2.75) is 103 Å². The van der Waals surface area contributed by atoms with Gasteiger partial charge in [-0.3, -0.25) is 0 Å². The monoisotopic (exact) mass is 528 g/mol. The molecule has 6 nitrogen and oxygen atoms in total. The van der Waals surface area contributed by atoms with Gasteiger partial charge in [-0.25, -0.2) is 9.59 Å². The molecule has 212 valence electrons. The third-order valence-corrected chi connectivity index (χ3v) is 7.79. The molecule has 38 heavy (non-hydrogen) atoms. The van der Waals surface area contributed by atoms with Gasteiger partial charge in [0.25, 0.3) is 0 Å². The Balaban J connectivity index is 1.90. The lowest BCUT2D eigenvalue weighted by atomic mass is 9.77. The van der Waals surface area contributed by atoms with Gasteiger partial charge in [-0.05, 0) is 75.3 Å². The average Bonchev–Trinajstić information content (AvgIpc) is 2.92. The highest BCUT2D eigenvalue weighted by atomic mass is 16.5. The fourth-order valence-corrected chi connectivity index (χ4v) is 4.92. The molecule has 2 atom stereocenters. The Labute approximate surface area is 229 Å². The van der Waals surface area contributed by atoms with Crippen molar-refractivity contribution in [3.63, 3.8) is 0 Å². The van der Waals surface area contributed by atoms with E-state index in [1.54, 1.807) is 0 Å². The van der Waals surface area contributed by atoms with Crippen molar-refractivity contribution in [1.29, 1.82) is 0 Å². The Morgan fingerprint density at radius 2 is 1.42 bits per heavy atom. The summed E-state index contributed by atoms with van der Waals surface area (Å²) in [5, 5.41) is 19.1. The minimum atomic E-state index is -0.997. The van der Waals surface area contributed by atoms with Crippen molar-refractivity contribution >= 4 is 11.9 Å². The molecule has 1 aromatic rings. The van der Waals surface area contributed by atoms with E-state index in [1.165, 1.54) is 76.3 Å². The molecular formula is C32H48O6. The summed E-state index contributed by atoms with van der Waals surface area (Å²) in [5.74, 6) is -0.0627. The summed E-state index contributed by atoms with van der Waals surface area (Å²) in [6.07, 6.45) is 9.95. The molecule has 0 bridgehead atoms. The molecule has 2 N–H and O–H groups in total. The van der Waals surface area contributed by atoms with Gasteiger partial charge in [-0.2, -0.15) is 0 Å². The number of ether oxygens (including phenoxy) is 2. The Hall–Kier alpha value is -2.44. The number of aliphatic hydroxyl groups excluding tert-OH is 2. The Kier molecular flexibility index (Phi) is 13.8. The Morgan fingerprint density at radius 3 is 1.89 bits per heavy atom. The number of carbonyl (C=O) groups excluding carboxylic acids is 2. The second kappa shape index (κ2) is 16.5. The van der Waals surface area contributed by atoms with Crippen molar-refractivity contribution in [2.24, 2.45) is 11.8 Å². The minimum Gasteiger partial charge on any atom is -0.462 e. The maximum Gasteiger partial charge on any atom is 0.336 e. The van der Waals surface area contributed by atoms with Crippen LogP contribution in [0.15, 0.2) is 48.6 Å². The summed E-state index contributed by atoms with van der Waals surface area (Å²) >= 11 is 0. The molecule has 1 fully saturated rings. The summed E-state index contributed by atoms with van der Waals surface area (Å²) < 4.78 is 10.7. The molecule has 0 aliphatic heterocycles. The van der Waals surface area contributed by atoms with E-state index in [9.17, 15) is 19.8 Å². The Morgan fingerprint density at radius 1 is 0.895 bits per heavy atom. The van der Waals surface area contributed by atoms with Crippen LogP contribution >= 0.6 is 0 Å². The lowest BCUT2D eigenvalue weighted by Gasteiger charge is -2.29. The van der Waals surface area contributed by atoms with Gasteiger partial charge in [0.05, 0.1) is 36.6 Å². The summed E-state index contributed by atoms with van der Waals surface area (Å²) in [4.78, 5) is 24.3. The summed E-state index contributed by atoms with van der Waals surface area (Å²) in [6, 6.07) is 8.82. The molecular weight excluding hydrogens is 480 g/mol. The number of hydrogen-bond donors (Lipinski definition) is 2. The van der Waals surface area contributed by atoms with Crippen molar-refractivity contribution in [1.82, 2.24) is 0 Å². The van der Waals surface area contributed by atoms with Crippen LogP contribution in [0.25, 0.3) is 0 Å². The third kappa shape index (κ3) is 10.7. The molecule has 1 aliphatic carbocycles. The summed E-state index contributed by atoms with van der Waals surface area (Å²) in [6.45, 7) is 12.3. The van der Waals surface area contributed by atoms with Crippen LogP contribution in [0.3, 0.4) is 0 Å². The molecule has 0 amide bonds. The van der Waals surface area contributed by atoms with Crippen LogP contribution < -0.4 is 0 Å². The first kappa shape index (κ1) is 31.8. The highest BCUT2D eigenvalue weighted by Gasteiger charge is 2.23. The highest BCUT2D eigenvalue weighted by Crippen LogP contribution is 2.37. The summed E-state index contributed by atoms with van der Waals surface area (Å²) in [7, 11) is 0. The number of benzene rings is 1. The molecule has 1 saturated carbocycles. The molecule has 6 heteroatoms. The molecule has 1 aliphatic rings. The first-order valence-corrected chi connectivity index (χ1v) is 14.3. The van der Waals surface area contributed by atoms with Crippen LogP contribution in [0.4, 0.5) is 0 Å². The second-order valence-corrected chi connectivity index (χ2v) is 11.0. The van der Waals surface area contributed by atoms with Crippen molar-refractivity contribution in [3.05, 3.63) is 59.7 Å². The van der Waals surface area contributed by atoms with Gasteiger partial charge in [-0.15, -0.1) is 0 Å². The van der Waals surface area contributed by atoms with Crippen LogP contribution in [-0.2, 0) is 25.5 Å². The van der Waals surface area contributed by atoms with E-state index >= 15 is 0 Å². The van der Waals surface area contributed by atoms with E-state index in [4.69, 9.17) is 9.47 Å². The number of esters is 2. The fraction of sp³-hybridized carbons (Fsp3) is 0.625. The largest absolute Gasteiger partial charge is 0.462 e. The zero-order valence-electron chi connectivity index (χ0n) is 23.6. The topological polar surface area (TPSA) is 93.1 Å². The SMILES string of the molecule is C=C(C(=O)OCC(CCc1ccc(C2CCC(CCCCC)CC2)cc1)COC(=O)C(=C)C(C)O)C(C)O. The minimum absolute atomic E-state index is 0.0196. The van der Waals surface area contributed by atoms with Gasteiger partial charge in [0.2, 0.25) is 0 Å². The number of carbonyl (C=O) groups is 2. The maximum absolute atomic E-state index is 12.1. The number of aliphatic hydroxyl groups is 2. The maximum atomic E-state index is 12.1. The van der Waals surface area contributed by atoms with Gasteiger partial charge in [0.1, 0.15) is 0 Å². The van der Waals surface area contributed by atoms with E-state index < -0.39 is 24.1 Å². The van der Waals surface area contributed by atoms with Crippen molar-refractivity contribution in [2.75, 3.05) is 13.2 Å². The Bertz CT molecular complexity index is 857. The predicted octanol–water partition coefficient (Wildman–Crippen LogP) is 6.05. The molecule has 1 aromatic carbocycles. The summed E-state index contributed by atoms with van der Waals surface area (Å²) in [5.41, 5.74) is 2.54. The van der Waals surface area contributed by atoms with Gasteiger partial charge in [0.15, 0.2) is 0 Å². The van der Waals surface area contributed by atoms with E-state index in [2.05, 4.69) is 44.3 Å². The quantitative estimate of drug-likeness (QED) is 0.154. The van der Waals surface area contributed by atoms with E-state index in [0.29, 0.717) is 12.3 Å². The van der Waals surface area contributed by atoms with Gasteiger partial charge in [0, 0.05) is 5.92 Å². The van der Waals surface area contributed by atoms with E-state index in [-0.39, 0.29) is 30.3 Å². The van der Waals surface area contributed by atoms with Gasteiger partial charge >= 0.3 is 11.9 Å². The van der Waals surface area contributed by atoms with Crippen LogP contribution in [0.1, 0.15) is 95.6 Å². The average molecular weight is 529 g/mol. The highest BCUT2D eigenvalue weighted by molar-refractivity contribution is 5.89. The molecule has 0 spiro atoms. The predicted molar refractivity (Wildman–Crippen MR) is 151 cm³/mol. The van der Waals surface area contributed by atoms with Crippen molar-refractivity contribution in [3.8, 4) is 0 Å². The zero-order chi connectivity index (χ0) is 28.1. The van der Waals surface area contributed by atoms with Crippen LogP contribution in [0.2, 0.25) is 0 Å². The lowest BCUT2D eigenvalue weighted by Crippen LogP contribution is -2.25. The first-order valence-electron chi connectivity index (χ1n) is 14.3. The number of hydrogen-bond acceptors (Lipinski definition) is 6. The molecule has 2 rings (SSSR count). The lowest BCUT2D eigenvalue weighted by molar-refractivity contribution is -0.145. The smallest absolute Gasteiger partial charge is 0.336 e. The zero-order valence-corrected chi connectivity index (χ0v) is 23.6. The third-order valence-electron chi connectivity index (χ3n) is 7.79. The second-order valence-electron chi connectivity index (χ2n) is 11.0. The van der Waals surface area contributed by atoms with Gasteiger partial charge in [-0.1, -0.05) is 70.0 Å². The number of aryl methyl sites for hydroxylation is 1. The van der Waals surface area contributed by atoms with E-state index in [1.807, 2.05) is 0 Å². The molecule has 2 unspecified atom stereocenters. The molecule has 0 aromatic heterocycles. The number of rotatable bonds is 16. The standard InChI is InChI=1S/C32H48O6/c1-6-7-8-9-26-12-16-29(17-13-26)30-18-14-27(15-19-30)10-11-28(20-37-31(35)22(2)24(4)33)21-38-32(36)23(3)25(5)34/h14-15,18-19,24-26,28-29,33-34H,2-3,6-13,16-17,20-21H2,1,4-5H3. The van der Waals surface area contributed by atoms with Crippen LogP contribution in [-0.4, -0.2) is 47.6 Å². The van der Waals surface area contributed by atoms with Crippen molar-refractivity contribution < 1.29 is 29.3 Å².